The number of esters is 2. The first-order chi connectivity index (χ1) is 31.3. The number of fused-ring (bicyclic) bond motifs is 2. The maximum Gasteiger partial charge on any atom is 0.339 e. The number of aromatic nitrogens is 8. The summed E-state index contributed by atoms with van der Waals surface area (Å²) in [5.74, 6) is 0.387. The normalized spacial score (nSPS) is 14.4. The second kappa shape index (κ2) is 22.3. The molecular formula is C46H57ClN12O6. The molecule has 0 atom stereocenters. The smallest absolute Gasteiger partial charge is 0.339 e. The van der Waals surface area contributed by atoms with Gasteiger partial charge < -0.3 is 39.5 Å². The Hall–Kier alpha value is -6.69. The lowest BCUT2D eigenvalue weighted by atomic mass is 10.1. The van der Waals surface area contributed by atoms with Crippen molar-refractivity contribution in [1.29, 1.82) is 0 Å². The van der Waals surface area contributed by atoms with E-state index in [4.69, 9.17) is 27.1 Å². The van der Waals surface area contributed by atoms with Crippen molar-refractivity contribution in [2.45, 2.75) is 89.1 Å². The quantitative estimate of drug-likeness (QED) is 0.0838. The maximum absolute atomic E-state index is 12.9. The molecule has 0 spiro atoms. The van der Waals surface area contributed by atoms with Crippen molar-refractivity contribution >= 4 is 75.0 Å². The van der Waals surface area contributed by atoms with E-state index in [2.05, 4.69) is 44.1 Å². The number of hydrogen-bond acceptors (Lipinski definition) is 14. The highest BCUT2D eigenvalue weighted by atomic mass is 35.5. The molecule has 2 amide bonds. The molecule has 2 aliphatic rings. The lowest BCUT2D eigenvalue weighted by molar-refractivity contribution is 0.0591. The SMILES string of the molecule is CN(C)C(=O)c1cc2cnc(Cl)nc2n1C1CCCCCC1.COC(=O)c1ccc(N)nc1.COC(=O)c1ccc(Nc2ncc3cc(C(=O)N(C)C)n(C4CCCCCC4)c3n2)nc1. The molecule has 0 aliphatic heterocycles. The van der Waals surface area contributed by atoms with Gasteiger partial charge in [0.25, 0.3) is 11.8 Å². The van der Waals surface area contributed by atoms with Crippen molar-refractivity contribution in [3.8, 4) is 0 Å². The maximum atomic E-state index is 12.9. The van der Waals surface area contributed by atoms with Crippen LogP contribution in [0.2, 0.25) is 5.28 Å². The molecule has 0 radical (unpaired) electrons. The Morgan fingerprint density at radius 3 is 1.52 bits per heavy atom. The molecule has 2 aliphatic carbocycles. The standard InChI is InChI=1S/C23H28N6O3.C16H21ClN4O.C7H8N2O2/c1-28(2)21(30)18-12-16-14-25-23(26-19-11-10-15(13-24-19)22(31)32-3)27-20(16)29(18)17-8-6-4-5-7-9-17;1-20(2)15(22)13-9-11-10-18-16(17)19-14(11)21(13)12-7-5-3-4-6-8-12;1-11-7(10)5-2-3-6(8)9-4-5/h10-14,17H,4-9H2,1-3H3,(H,24,25,26,27);9-10,12H,3-8H2,1-2H3;2-4H,1H3,(H2,8,9). The Kier molecular flexibility index (Phi) is 16.4. The number of anilines is 3. The minimum Gasteiger partial charge on any atom is -0.465 e. The van der Waals surface area contributed by atoms with Gasteiger partial charge in [0.15, 0.2) is 0 Å². The van der Waals surface area contributed by atoms with Crippen LogP contribution in [0.4, 0.5) is 17.6 Å². The molecule has 2 fully saturated rings. The van der Waals surface area contributed by atoms with Crippen LogP contribution in [0.15, 0.2) is 61.2 Å². The summed E-state index contributed by atoms with van der Waals surface area (Å²) >= 11 is 5.98. The largest absolute Gasteiger partial charge is 0.465 e. The number of nitrogens with two attached hydrogens (primary N) is 1. The lowest BCUT2D eigenvalue weighted by Crippen LogP contribution is -2.26. The Balaban J connectivity index is 0.000000182. The number of amides is 2. The van der Waals surface area contributed by atoms with Gasteiger partial charge in [-0.05, 0) is 73.7 Å². The molecule has 2 saturated carbocycles. The average Bonchev–Trinajstić information content (AvgIpc) is 3.57. The van der Waals surface area contributed by atoms with Gasteiger partial charge in [-0.1, -0.05) is 51.4 Å². The second-order valence-electron chi connectivity index (χ2n) is 16.4. The highest BCUT2D eigenvalue weighted by Gasteiger charge is 2.27. The number of carbonyl (C=O) groups is 4. The third-order valence-electron chi connectivity index (χ3n) is 11.4. The van der Waals surface area contributed by atoms with Gasteiger partial charge in [0.05, 0.1) is 25.3 Å². The van der Waals surface area contributed by atoms with Gasteiger partial charge in [-0.2, -0.15) is 9.97 Å². The van der Waals surface area contributed by atoms with Gasteiger partial charge in [-0.3, -0.25) is 9.59 Å². The molecule has 18 nitrogen and oxygen atoms in total. The van der Waals surface area contributed by atoms with Gasteiger partial charge in [0, 0.05) is 75.8 Å². The molecule has 6 aromatic heterocycles. The zero-order chi connectivity index (χ0) is 46.6. The first-order valence-corrected chi connectivity index (χ1v) is 22.1. The molecule has 344 valence electrons. The highest BCUT2D eigenvalue weighted by Crippen LogP contribution is 2.34. The van der Waals surface area contributed by atoms with Crippen molar-refractivity contribution in [3.05, 3.63) is 89.0 Å². The molecule has 65 heavy (non-hydrogen) atoms. The molecule has 3 N–H and O–H groups in total. The van der Waals surface area contributed by atoms with Gasteiger partial charge in [-0.15, -0.1) is 0 Å². The Morgan fingerprint density at radius 2 is 1.09 bits per heavy atom. The summed E-state index contributed by atoms with van der Waals surface area (Å²) in [5, 5.41) is 5.02. The van der Waals surface area contributed by atoms with Crippen LogP contribution in [0.5, 0.6) is 0 Å². The Labute approximate surface area is 382 Å². The van der Waals surface area contributed by atoms with E-state index in [1.807, 2.05) is 12.1 Å². The van der Waals surface area contributed by atoms with Gasteiger partial charge in [-0.25, -0.2) is 29.5 Å². The van der Waals surface area contributed by atoms with E-state index >= 15 is 0 Å². The number of nitrogens with one attached hydrogen (secondary N) is 1. The molecule has 0 saturated heterocycles. The number of methoxy groups -OCH3 is 2. The fraction of sp³-hybridized carbons (Fsp3) is 0.435. The number of pyridine rings is 2. The van der Waals surface area contributed by atoms with Crippen molar-refractivity contribution < 1.29 is 28.7 Å². The summed E-state index contributed by atoms with van der Waals surface area (Å²) in [7, 11) is 9.72. The predicted molar refractivity (Wildman–Crippen MR) is 248 cm³/mol. The molecule has 6 heterocycles. The first kappa shape index (κ1) is 47.8. The van der Waals surface area contributed by atoms with Crippen LogP contribution in [0.3, 0.4) is 0 Å². The van der Waals surface area contributed by atoms with Gasteiger partial charge in [0.1, 0.15) is 34.3 Å². The third kappa shape index (κ3) is 11.9. The van der Waals surface area contributed by atoms with E-state index < -0.39 is 11.9 Å². The first-order valence-electron chi connectivity index (χ1n) is 21.8. The minimum absolute atomic E-state index is 0.00151. The fourth-order valence-corrected chi connectivity index (χ4v) is 8.21. The molecular weight excluding hydrogens is 852 g/mol. The Morgan fingerprint density at radius 1 is 0.631 bits per heavy atom. The molecule has 0 bridgehead atoms. The fourth-order valence-electron chi connectivity index (χ4n) is 8.08. The van der Waals surface area contributed by atoms with Crippen LogP contribution < -0.4 is 11.1 Å². The third-order valence-corrected chi connectivity index (χ3v) is 11.6. The van der Waals surface area contributed by atoms with Crippen LogP contribution in [0.25, 0.3) is 22.1 Å². The Bertz CT molecular complexity index is 2580. The van der Waals surface area contributed by atoms with Crippen LogP contribution in [0, 0.1) is 0 Å². The highest BCUT2D eigenvalue weighted by molar-refractivity contribution is 6.28. The van der Waals surface area contributed by atoms with Crippen molar-refractivity contribution in [2.24, 2.45) is 0 Å². The average molecular weight is 909 g/mol. The second-order valence-corrected chi connectivity index (χ2v) is 16.7. The number of rotatable bonds is 8. The minimum atomic E-state index is -0.443. The summed E-state index contributed by atoms with van der Waals surface area (Å²) < 4.78 is 13.4. The van der Waals surface area contributed by atoms with Crippen LogP contribution in [-0.4, -0.2) is 115 Å². The number of hydrogen-bond donors (Lipinski definition) is 2. The summed E-state index contributed by atoms with van der Waals surface area (Å²) in [6, 6.07) is 10.7. The van der Waals surface area contributed by atoms with Crippen molar-refractivity contribution in [2.75, 3.05) is 53.5 Å². The monoisotopic (exact) mass is 908 g/mol. The lowest BCUT2D eigenvalue weighted by Gasteiger charge is -2.21. The van der Waals surface area contributed by atoms with Crippen LogP contribution >= 0.6 is 11.6 Å². The number of nitrogen functional groups attached to an aromatic ring is 1. The summed E-state index contributed by atoms with van der Waals surface area (Å²) in [4.78, 5) is 76.7. The van der Waals surface area contributed by atoms with Crippen molar-refractivity contribution in [1.82, 2.24) is 48.8 Å². The molecule has 0 unspecified atom stereocenters. The summed E-state index contributed by atoms with van der Waals surface area (Å²) in [6.07, 6.45) is 20.1. The molecule has 0 aromatic carbocycles. The van der Waals surface area contributed by atoms with E-state index in [1.54, 1.807) is 74.6 Å². The van der Waals surface area contributed by atoms with E-state index in [-0.39, 0.29) is 23.1 Å². The van der Waals surface area contributed by atoms with E-state index in [0.29, 0.717) is 46.1 Å². The van der Waals surface area contributed by atoms with Crippen LogP contribution in [0.1, 0.15) is 131 Å². The summed E-state index contributed by atoms with van der Waals surface area (Å²) in [6.45, 7) is 0. The van der Waals surface area contributed by atoms with E-state index in [0.717, 1.165) is 60.6 Å². The molecule has 19 heteroatoms. The number of carbonyl (C=O) groups excluding carboxylic acids is 4. The zero-order valence-electron chi connectivity index (χ0n) is 37.8. The predicted octanol–water partition coefficient (Wildman–Crippen LogP) is 8.09. The van der Waals surface area contributed by atoms with Gasteiger partial charge in [0.2, 0.25) is 11.2 Å². The molecule has 6 aromatic rings. The van der Waals surface area contributed by atoms with E-state index in [1.165, 1.54) is 65.1 Å². The number of halogens is 1. The van der Waals surface area contributed by atoms with Crippen LogP contribution in [-0.2, 0) is 9.47 Å². The van der Waals surface area contributed by atoms with Gasteiger partial charge >= 0.3 is 11.9 Å². The topological polar surface area (TPSA) is 218 Å². The van der Waals surface area contributed by atoms with Crippen molar-refractivity contribution in [3.63, 3.8) is 0 Å². The van der Waals surface area contributed by atoms with E-state index in [9.17, 15) is 19.2 Å². The summed E-state index contributed by atoms with van der Waals surface area (Å²) in [5.41, 5.74) is 8.92. The number of ether oxygens (including phenoxy) is 2. The number of nitrogens with zero attached hydrogens (tertiary/aromatic N) is 10. The zero-order valence-corrected chi connectivity index (χ0v) is 38.5. The molecule has 8 rings (SSSR count).